The van der Waals surface area contributed by atoms with Gasteiger partial charge in [0.1, 0.15) is 11.6 Å². The molecule has 0 saturated heterocycles. The van der Waals surface area contributed by atoms with Gasteiger partial charge in [-0.3, -0.25) is 4.79 Å². The van der Waals surface area contributed by atoms with E-state index in [0.29, 0.717) is 6.54 Å². The Morgan fingerprint density at radius 2 is 1.96 bits per heavy atom. The molecule has 0 saturated carbocycles. The van der Waals surface area contributed by atoms with Crippen molar-refractivity contribution in [2.75, 3.05) is 6.54 Å². The Morgan fingerprint density at radius 1 is 1.17 bits per heavy atom. The van der Waals surface area contributed by atoms with Crippen molar-refractivity contribution in [3.63, 3.8) is 0 Å². The molecule has 1 N–H and O–H groups in total. The van der Waals surface area contributed by atoms with Gasteiger partial charge in [-0.25, -0.2) is 4.39 Å². The van der Waals surface area contributed by atoms with E-state index in [2.05, 4.69) is 5.32 Å². The zero-order valence-corrected chi connectivity index (χ0v) is 13.5. The smallest absolute Gasteiger partial charge is 0.254 e. The van der Waals surface area contributed by atoms with Crippen molar-refractivity contribution in [2.45, 2.75) is 32.8 Å². The first-order chi connectivity index (χ1) is 11.1. The number of nitrogens with one attached hydrogen (secondary N) is 1. The quantitative estimate of drug-likeness (QED) is 0.785. The maximum atomic E-state index is 13.5. The summed E-state index contributed by atoms with van der Waals surface area (Å²) < 4.78 is 19.1. The van der Waals surface area contributed by atoms with Gasteiger partial charge in [0.25, 0.3) is 5.91 Å². The third kappa shape index (κ3) is 5.40. The van der Waals surface area contributed by atoms with Crippen LogP contribution in [0.15, 0.2) is 48.5 Å². The van der Waals surface area contributed by atoms with Gasteiger partial charge < -0.3 is 10.1 Å². The van der Waals surface area contributed by atoms with E-state index >= 15 is 0 Å². The van der Waals surface area contributed by atoms with Crippen LogP contribution in [0.1, 0.15) is 36.2 Å². The van der Waals surface area contributed by atoms with Crippen LogP contribution in [-0.2, 0) is 6.42 Å². The Hall–Kier alpha value is -2.36. The molecular weight excluding hydrogens is 293 g/mol. The van der Waals surface area contributed by atoms with Crippen molar-refractivity contribution in [1.29, 1.82) is 0 Å². The van der Waals surface area contributed by atoms with E-state index in [0.717, 1.165) is 24.2 Å². The predicted molar refractivity (Wildman–Crippen MR) is 89.3 cm³/mol. The first-order valence-corrected chi connectivity index (χ1v) is 7.84. The second kappa shape index (κ2) is 8.32. The molecule has 2 aromatic rings. The van der Waals surface area contributed by atoms with Crippen LogP contribution >= 0.6 is 0 Å². The molecule has 122 valence electrons. The highest BCUT2D eigenvalue weighted by molar-refractivity contribution is 5.94. The zero-order chi connectivity index (χ0) is 16.7. The van der Waals surface area contributed by atoms with E-state index in [-0.39, 0.29) is 17.6 Å². The first kappa shape index (κ1) is 17.0. The molecule has 0 bridgehead atoms. The number of rotatable bonds is 7. The number of hydrogen-bond acceptors (Lipinski definition) is 2. The van der Waals surface area contributed by atoms with Gasteiger partial charge in [0.05, 0.1) is 11.7 Å². The second-order valence-corrected chi connectivity index (χ2v) is 5.65. The summed E-state index contributed by atoms with van der Waals surface area (Å²) in [7, 11) is 0. The fourth-order valence-electron chi connectivity index (χ4n) is 2.28. The molecule has 1 amide bonds. The lowest BCUT2D eigenvalue weighted by atomic mass is 10.1. The molecule has 0 unspecified atom stereocenters. The number of hydrogen-bond donors (Lipinski definition) is 1. The summed E-state index contributed by atoms with van der Waals surface area (Å²) >= 11 is 0. The van der Waals surface area contributed by atoms with Gasteiger partial charge in [-0.15, -0.1) is 0 Å². The monoisotopic (exact) mass is 315 g/mol. The van der Waals surface area contributed by atoms with Crippen LogP contribution in [0.3, 0.4) is 0 Å². The molecule has 0 fully saturated rings. The van der Waals surface area contributed by atoms with E-state index in [9.17, 15) is 9.18 Å². The fourth-order valence-corrected chi connectivity index (χ4v) is 2.28. The summed E-state index contributed by atoms with van der Waals surface area (Å²) in [4.78, 5) is 11.9. The molecule has 0 radical (unpaired) electrons. The molecule has 0 spiro atoms. The summed E-state index contributed by atoms with van der Waals surface area (Å²) in [5.74, 6) is -0.0172. The Labute approximate surface area is 136 Å². The van der Waals surface area contributed by atoms with Gasteiger partial charge in [0.2, 0.25) is 0 Å². The van der Waals surface area contributed by atoms with Gasteiger partial charge in [0.15, 0.2) is 0 Å². The lowest BCUT2D eigenvalue weighted by molar-refractivity contribution is 0.0949. The summed E-state index contributed by atoms with van der Waals surface area (Å²) in [6, 6.07) is 13.9. The van der Waals surface area contributed by atoms with Crippen molar-refractivity contribution in [3.8, 4) is 5.75 Å². The van der Waals surface area contributed by atoms with Gasteiger partial charge in [0, 0.05) is 6.54 Å². The van der Waals surface area contributed by atoms with Crippen LogP contribution in [0.2, 0.25) is 0 Å². The number of halogens is 1. The maximum absolute atomic E-state index is 13.5. The number of carbonyl (C=O) groups is 1. The minimum atomic E-state index is -0.497. The first-order valence-electron chi connectivity index (χ1n) is 7.84. The van der Waals surface area contributed by atoms with Crippen molar-refractivity contribution >= 4 is 5.91 Å². The molecule has 0 aliphatic heterocycles. The van der Waals surface area contributed by atoms with Crippen LogP contribution in [-0.4, -0.2) is 18.6 Å². The van der Waals surface area contributed by atoms with Gasteiger partial charge in [-0.05, 0) is 56.5 Å². The molecular formula is C19H22FNO2. The predicted octanol–water partition coefficient (Wildman–Crippen LogP) is 3.98. The van der Waals surface area contributed by atoms with E-state index in [1.54, 1.807) is 12.1 Å². The Morgan fingerprint density at radius 3 is 2.70 bits per heavy atom. The minimum Gasteiger partial charge on any atom is -0.491 e. The number of aryl methyl sites for hydroxylation is 1. The highest BCUT2D eigenvalue weighted by atomic mass is 19.1. The van der Waals surface area contributed by atoms with E-state index < -0.39 is 5.82 Å². The topological polar surface area (TPSA) is 38.3 Å². The summed E-state index contributed by atoms with van der Waals surface area (Å²) in [6.07, 6.45) is 1.75. The minimum absolute atomic E-state index is 0.0832. The molecule has 0 heterocycles. The fraction of sp³-hybridized carbons (Fsp3) is 0.316. The molecule has 23 heavy (non-hydrogen) atoms. The van der Waals surface area contributed by atoms with Crippen molar-refractivity contribution in [3.05, 3.63) is 65.5 Å². The standard InChI is InChI=1S/C19H22FNO2/c1-14(2)23-16-9-5-7-15(13-16)8-6-12-21-19(22)17-10-3-4-11-18(17)20/h3-5,7,9-11,13-14H,6,8,12H2,1-2H3,(H,21,22). The van der Waals surface area contributed by atoms with Crippen LogP contribution in [0, 0.1) is 5.82 Å². The average Bonchev–Trinajstić information content (AvgIpc) is 2.51. The van der Waals surface area contributed by atoms with Gasteiger partial charge in [-0.2, -0.15) is 0 Å². The van der Waals surface area contributed by atoms with Crippen LogP contribution in [0.5, 0.6) is 5.75 Å². The van der Waals surface area contributed by atoms with Gasteiger partial charge in [-0.1, -0.05) is 24.3 Å². The van der Waals surface area contributed by atoms with Crippen LogP contribution in [0.4, 0.5) is 4.39 Å². The third-order valence-corrected chi connectivity index (χ3v) is 3.32. The molecule has 2 rings (SSSR count). The number of benzene rings is 2. The Balaban J connectivity index is 1.79. The molecule has 3 nitrogen and oxygen atoms in total. The lowest BCUT2D eigenvalue weighted by Gasteiger charge is -2.11. The highest BCUT2D eigenvalue weighted by Gasteiger charge is 2.09. The number of amides is 1. The van der Waals surface area contributed by atoms with E-state index in [1.165, 1.54) is 12.1 Å². The summed E-state index contributed by atoms with van der Waals surface area (Å²) in [5.41, 5.74) is 1.24. The SMILES string of the molecule is CC(C)Oc1cccc(CCCNC(=O)c2ccccc2F)c1. The summed E-state index contributed by atoms with van der Waals surface area (Å²) in [5, 5.41) is 2.75. The summed E-state index contributed by atoms with van der Waals surface area (Å²) in [6.45, 7) is 4.48. The largest absolute Gasteiger partial charge is 0.491 e. The van der Waals surface area contributed by atoms with Crippen LogP contribution in [0.25, 0.3) is 0 Å². The third-order valence-electron chi connectivity index (χ3n) is 3.32. The van der Waals surface area contributed by atoms with Crippen molar-refractivity contribution in [2.24, 2.45) is 0 Å². The van der Waals surface area contributed by atoms with Crippen LogP contribution < -0.4 is 10.1 Å². The average molecular weight is 315 g/mol. The number of ether oxygens (including phenoxy) is 1. The van der Waals surface area contributed by atoms with Crippen molar-refractivity contribution < 1.29 is 13.9 Å². The number of carbonyl (C=O) groups excluding carboxylic acids is 1. The molecule has 0 aliphatic carbocycles. The molecule has 0 atom stereocenters. The normalized spacial score (nSPS) is 10.6. The molecule has 0 aliphatic rings. The van der Waals surface area contributed by atoms with E-state index in [4.69, 9.17) is 4.74 Å². The molecule has 0 aromatic heterocycles. The highest BCUT2D eigenvalue weighted by Crippen LogP contribution is 2.16. The second-order valence-electron chi connectivity index (χ2n) is 5.65. The maximum Gasteiger partial charge on any atom is 0.254 e. The van der Waals surface area contributed by atoms with Crippen molar-refractivity contribution in [1.82, 2.24) is 5.32 Å². The van der Waals surface area contributed by atoms with Gasteiger partial charge >= 0.3 is 0 Å². The Bertz CT molecular complexity index is 655. The zero-order valence-electron chi connectivity index (χ0n) is 13.5. The molecule has 2 aromatic carbocycles. The Kier molecular flexibility index (Phi) is 6.15. The van der Waals surface area contributed by atoms with E-state index in [1.807, 2.05) is 38.1 Å². The molecule has 4 heteroatoms. The lowest BCUT2D eigenvalue weighted by Crippen LogP contribution is -2.25.